The fourth-order valence-corrected chi connectivity index (χ4v) is 4.22. The molecule has 0 atom stereocenters. The highest BCUT2D eigenvalue weighted by atomic mass is 32.1. The van der Waals surface area contributed by atoms with Crippen LogP contribution < -0.4 is 10.6 Å². The van der Waals surface area contributed by atoms with Crippen LogP contribution in [0.5, 0.6) is 0 Å². The van der Waals surface area contributed by atoms with Gasteiger partial charge in [-0.15, -0.1) is 0 Å². The van der Waals surface area contributed by atoms with Crippen LogP contribution in [0.25, 0.3) is 0 Å². The Balaban J connectivity index is 1.57. The predicted octanol–water partition coefficient (Wildman–Crippen LogP) is 4.03. The molecule has 140 valence electrons. The summed E-state index contributed by atoms with van der Waals surface area (Å²) in [5.74, 6) is -0.0225. The van der Waals surface area contributed by atoms with Crippen molar-refractivity contribution in [3.8, 4) is 0 Å². The van der Waals surface area contributed by atoms with Crippen molar-refractivity contribution in [2.24, 2.45) is 0 Å². The van der Waals surface area contributed by atoms with E-state index in [1.54, 1.807) is 0 Å². The lowest BCUT2D eigenvalue weighted by Gasteiger charge is -2.26. The Morgan fingerprint density at radius 3 is 2.69 bits per heavy atom. The number of piperidine rings is 1. The third kappa shape index (κ3) is 4.83. The Labute approximate surface area is 159 Å². The van der Waals surface area contributed by atoms with Crippen LogP contribution in [0, 0.1) is 20.8 Å². The zero-order chi connectivity index (χ0) is 18.5. The molecule has 1 amide bonds. The number of aryl methyl sites for hydroxylation is 3. The van der Waals surface area contributed by atoms with Crippen molar-refractivity contribution in [2.45, 2.75) is 40.0 Å². The standard InChI is InChI=1S/C20H28N4OS/c1-14-7-8-17(15(2)13-14)23-20-22-16(3)18(26-20)19(25)21-9-12-24-10-5-4-6-11-24/h7-8,13H,4-6,9-12H2,1-3H3,(H,21,25)(H,22,23). The number of nitrogens with one attached hydrogen (secondary N) is 2. The van der Waals surface area contributed by atoms with Crippen molar-refractivity contribution < 1.29 is 4.79 Å². The largest absolute Gasteiger partial charge is 0.350 e. The van der Waals surface area contributed by atoms with Crippen molar-refractivity contribution in [1.29, 1.82) is 0 Å². The van der Waals surface area contributed by atoms with Crippen molar-refractivity contribution in [2.75, 3.05) is 31.5 Å². The predicted molar refractivity (Wildman–Crippen MR) is 109 cm³/mol. The highest BCUT2D eigenvalue weighted by Gasteiger charge is 2.16. The van der Waals surface area contributed by atoms with E-state index in [4.69, 9.17) is 0 Å². The molecule has 0 bridgehead atoms. The number of nitrogens with zero attached hydrogens (tertiary/aromatic N) is 2. The lowest BCUT2D eigenvalue weighted by atomic mass is 10.1. The molecule has 0 radical (unpaired) electrons. The SMILES string of the molecule is Cc1ccc(Nc2nc(C)c(C(=O)NCCN3CCCCC3)s2)c(C)c1. The first-order chi connectivity index (χ1) is 12.5. The molecule has 3 rings (SSSR count). The Bertz CT molecular complexity index is 765. The third-order valence-electron chi connectivity index (χ3n) is 4.79. The molecule has 2 aromatic rings. The fourth-order valence-electron chi connectivity index (χ4n) is 3.32. The second-order valence-corrected chi connectivity index (χ2v) is 8.03. The van der Waals surface area contributed by atoms with Gasteiger partial charge in [0.25, 0.3) is 5.91 Å². The number of thiazole rings is 1. The quantitative estimate of drug-likeness (QED) is 0.804. The summed E-state index contributed by atoms with van der Waals surface area (Å²) in [6, 6.07) is 6.26. The van der Waals surface area contributed by atoms with Gasteiger partial charge in [-0.3, -0.25) is 4.79 Å². The van der Waals surface area contributed by atoms with Crippen LogP contribution in [0.15, 0.2) is 18.2 Å². The Hall–Kier alpha value is -1.92. The van der Waals surface area contributed by atoms with Gasteiger partial charge in [-0.25, -0.2) is 4.98 Å². The van der Waals surface area contributed by atoms with Crippen molar-refractivity contribution >= 4 is 28.1 Å². The minimum absolute atomic E-state index is 0.0225. The van der Waals surface area contributed by atoms with Gasteiger partial charge < -0.3 is 15.5 Å². The van der Waals surface area contributed by atoms with E-state index >= 15 is 0 Å². The number of carbonyl (C=O) groups excluding carboxylic acids is 1. The molecule has 0 spiro atoms. The number of carbonyl (C=O) groups is 1. The minimum Gasteiger partial charge on any atom is -0.350 e. The molecule has 0 saturated carbocycles. The van der Waals surface area contributed by atoms with Crippen LogP contribution in [0.1, 0.15) is 45.8 Å². The van der Waals surface area contributed by atoms with Gasteiger partial charge >= 0.3 is 0 Å². The van der Waals surface area contributed by atoms with Gasteiger partial charge in [-0.1, -0.05) is 35.5 Å². The molecule has 2 heterocycles. The Morgan fingerprint density at radius 2 is 1.96 bits per heavy atom. The number of likely N-dealkylation sites (tertiary alicyclic amines) is 1. The molecule has 26 heavy (non-hydrogen) atoms. The number of benzene rings is 1. The summed E-state index contributed by atoms with van der Waals surface area (Å²) in [5, 5.41) is 7.15. The average molecular weight is 373 g/mol. The molecular weight excluding hydrogens is 344 g/mol. The Kier molecular flexibility index (Phi) is 6.27. The smallest absolute Gasteiger partial charge is 0.263 e. The second kappa shape index (κ2) is 8.64. The van der Waals surface area contributed by atoms with Crippen molar-refractivity contribution in [1.82, 2.24) is 15.2 Å². The minimum atomic E-state index is -0.0225. The summed E-state index contributed by atoms with van der Waals surface area (Å²) >= 11 is 1.41. The van der Waals surface area contributed by atoms with Crippen LogP contribution in [-0.4, -0.2) is 42.0 Å². The molecule has 1 fully saturated rings. The van der Waals surface area contributed by atoms with E-state index in [1.165, 1.54) is 41.7 Å². The zero-order valence-electron chi connectivity index (χ0n) is 15.9. The molecule has 1 aromatic carbocycles. The van der Waals surface area contributed by atoms with E-state index in [9.17, 15) is 4.79 Å². The Morgan fingerprint density at radius 1 is 1.19 bits per heavy atom. The number of hydrogen-bond acceptors (Lipinski definition) is 5. The average Bonchev–Trinajstić information content (AvgIpc) is 2.99. The second-order valence-electron chi connectivity index (χ2n) is 7.04. The molecule has 5 nitrogen and oxygen atoms in total. The third-order valence-corrected chi connectivity index (χ3v) is 5.86. The van der Waals surface area contributed by atoms with Crippen molar-refractivity contribution in [3.63, 3.8) is 0 Å². The van der Waals surface area contributed by atoms with Crippen molar-refractivity contribution in [3.05, 3.63) is 39.9 Å². The summed E-state index contributed by atoms with van der Waals surface area (Å²) in [5.41, 5.74) is 4.21. The van der Waals surface area contributed by atoms with Crippen LogP contribution >= 0.6 is 11.3 Å². The monoisotopic (exact) mass is 372 g/mol. The summed E-state index contributed by atoms with van der Waals surface area (Å²) in [6.45, 7) is 9.97. The van der Waals surface area contributed by atoms with Gasteiger partial charge in [0.05, 0.1) is 5.69 Å². The lowest BCUT2D eigenvalue weighted by molar-refractivity contribution is 0.0950. The maximum absolute atomic E-state index is 12.5. The van der Waals surface area contributed by atoms with Gasteiger partial charge in [0.1, 0.15) is 4.88 Å². The first-order valence-electron chi connectivity index (χ1n) is 9.35. The molecule has 2 N–H and O–H groups in total. The summed E-state index contributed by atoms with van der Waals surface area (Å²) in [4.78, 5) is 20.1. The first-order valence-corrected chi connectivity index (χ1v) is 10.2. The van der Waals surface area contributed by atoms with E-state index in [1.807, 2.05) is 6.92 Å². The van der Waals surface area contributed by atoms with E-state index in [2.05, 4.69) is 52.6 Å². The molecule has 1 aliphatic rings. The molecule has 1 saturated heterocycles. The van der Waals surface area contributed by atoms with E-state index in [-0.39, 0.29) is 5.91 Å². The van der Waals surface area contributed by atoms with Crippen LogP contribution in [0.3, 0.4) is 0 Å². The van der Waals surface area contributed by atoms with E-state index in [0.717, 1.165) is 36.1 Å². The van der Waals surface area contributed by atoms with Crippen LogP contribution in [0.2, 0.25) is 0 Å². The lowest BCUT2D eigenvalue weighted by Crippen LogP contribution is -2.37. The molecule has 1 aliphatic heterocycles. The highest BCUT2D eigenvalue weighted by molar-refractivity contribution is 7.17. The first kappa shape index (κ1) is 18.9. The highest BCUT2D eigenvalue weighted by Crippen LogP contribution is 2.27. The molecular formula is C20H28N4OS. The van der Waals surface area contributed by atoms with Crippen LogP contribution in [0.4, 0.5) is 10.8 Å². The van der Waals surface area contributed by atoms with E-state index in [0.29, 0.717) is 11.4 Å². The maximum atomic E-state index is 12.5. The van der Waals surface area contributed by atoms with Gasteiger partial charge in [-0.05, 0) is 58.3 Å². The molecule has 0 unspecified atom stereocenters. The van der Waals surface area contributed by atoms with Crippen LogP contribution in [-0.2, 0) is 0 Å². The topological polar surface area (TPSA) is 57.3 Å². The molecule has 1 aromatic heterocycles. The number of hydrogen-bond donors (Lipinski definition) is 2. The molecule has 6 heteroatoms. The van der Waals surface area contributed by atoms with Gasteiger partial charge in [-0.2, -0.15) is 0 Å². The van der Waals surface area contributed by atoms with Gasteiger partial charge in [0.15, 0.2) is 5.13 Å². The normalized spacial score (nSPS) is 15.0. The summed E-state index contributed by atoms with van der Waals surface area (Å²) in [7, 11) is 0. The molecule has 0 aliphatic carbocycles. The van der Waals surface area contributed by atoms with Gasteiger partial charge in [0.2, 0.25) is 0 Å². The van der Waals surface area contributed by atoms with E-state index < -0.39 is 0 Å². The number of amides is 1. The number of rotatable bonds is 6. The maximum Gasteiger partial charge on any atom is 0.263 e. The number of aromatic nitrogens is 1. The fraction of sp³-hybridized carbons (Fsp3) is 0.500. The van der Waals surface area contributed by atoms with Gasteiger partial charge in [0, 0.05) is 18.8 Å². The summed E-state index contributed by atoms with van der Waals surface area (Å²) in [6.07, 6.45) is 3.88. The number of anilines is 2. The summed E-state index contributed by atoms with van der Waals surface area (Å²) < 4.78 is 0. The zero-order valence-corrected chi connectivity index (χ0v) is 16.7.